The van der Waals surface area contributed by atoms with Gasteiger partial charge in [0.2, 0.25) is 0 Å². The zero-order valence-electron chi connectivity index (χ0n) is 64.0. The Kier molecular flexibility index (Phi) is 35.4. The molecular weight excluding hydrogens is 1340 g/mol. The molecule has 0 aromatic carbocycles. The number of amides is 6. The van der Waals surface area contributed by atoms with Crippen LogP contribution in [0.3, 0.4) is 0 Å². The lowest BCUT2D eigenvalue weighted by atomic mass is 10.0. The molecule has 6 aliphatic heterocycles. The van der Waals surface area contributed by atoms with Crippen LogP contribution in [0.1, 0.15) is 177 Å². The second kappa shape index (κ2) is 39.2. The van der Waals surface area contributed by atoms with Gasteiger partial charge in [-0.2, -0.15) is 0 Å². The van der Waals surface area contributed by atoms with Gasteiger partial charge in [0.25, 0.3) is 0 Å². The minimum absolute atomic E-state index is 0.0108. The fourth-order valence-corrected chi connectivity index (χ4v) is 11.1. The third-order valence-corrected chi connectivity index (χ3v) is 15.2. The van der Waals surface area contributed by atoms with Crippen molar-refractivity contribution in [2.24, 2.45) is 23.7 Å². The van der Waals surface area contributed by atoms with E-state index in [-0.39, 0.29) is 68.0 Å². The van der Waals surface area contributed by atoms with Crippen LogP contribution < -0.4 is 0 Å². The first kappa shape index (κ1) is 92.2. The molecule has 0 aliphatic carbocycles. The molecule has 0 saturated carbocycles. The van der Waals surface area contributed by atoms with Gasteiger partial charge in [0.1, 0.15) is 57.8 Å². The van der Waals surface area contributed by atoms with E-state index in [0.29, 0.717) is 71.5 Å². The molecule has 3 unspecified atom stereocenters. The van der Waals surface area contributed by atoms with Gasteiger partial charge < -0.3 is 68.5 Å². The zero-order chi connectivity index (χ0) is 79.3. The van der Waals surface area contributed by atoms with Crippen LogP contribution in [0.25, 0.3) is 0 Å². The molecule has 6 amide bonds. The number of aliphatic carboxylic acids is 4. The molecule has 6 saturated heterocycles. The number of hydrogen-bond donors (Lipinski definition) is 6. The van der Waals surface area contributed by atoms with Gasteiger partial charge in [0.05, 0.1) is 25.3 Å². The largest absolute Gasteiger partial charge is 0.480 e. The Hall–Kier alpha value is -7.84. The van der Waals surface area contributed by atoms with Crippen molar-refractivity contribution in [1.29, 1.82) is 0 Å². The van der Waals surface area contributed by atoms with Gasteiger partial charge in [0, 0.05) is 96.8 Å². The molecule has 102 heavy (non-hydrogen) atoms. The molecule has 6 aliphatic rings. The minimum atomic E-state index is -1.06. The second-order valence-corrected chi connectivity index (χ2v) is 32.0. The van der Waals surface area contributed by atoms with Crippen molar-refractivity contribution in [2.75, 3.05) is 79.9 Å². The van der Waals surface area contributed by atoms with Crippen molar-refractivity contribution >= 4 is 72.0 Å². The topological polar surface area (TPSA) is 420 Å². The summed E-state index contributed by atoms with van der Waals surface area (Å²) in [5, 5.41) is 54.4. The van der Waals surface area contributed by atoms with Gasteiger partial charge in [-0.25, -0.2) is 47.9 Å². The number of carbonyl (C=O) groups is 12. The van der Waals surface area contributed by atoms with Gasteiger partial charge in [-0.15, -0.1) is 0 Å². The number of rotatable bonds is 12. The summed E-state index contributed by atoms with van der Waals surface area (Å²) in [5.41, 5.74) is -2.01. The predicted molar refractivity (Wildman–Crippen MR) is 370 cm³/mol. The summed E-state index contributed by atoms with van der Waals surface area (Å²) in [7, 11) is 3.12. The lowest BCUT2D eigenvalue weighted by Gasteiger charge is -2.27. The van der Waals surface area contributed by atoms with Gasteiger partial charge in [-0.1, -0.05) is 24.3 Å². The number of aliphatic hydroxyl groups excluding tert-OH is 2. The number of carbonyl (C=O) groups excluding carboxylic acids is 8. The smallest absolute Gasteiger partial charge is 0.411 e. The number of Topliss-reactive ketones (excluding diaryl/α,β-unsaturated/α-hetero) is 2. The van der Waals surface area contributed by atoms with Crippen molar-refractivity contribution in [1.82, 2.24) is 29.4 Å². The fraction of sp³-hybridized carbons (Fsp3) is 0.771. The summed E-state index contributed by atoms with van der Waals surface area (Å²) < 4.78 is 41.2. The molecule has 6 rings (SSSR count). The molecule has 0 bridgehead atoms. The van der Waals surface area contributed by atoms with E-state index in [1.54, 1.807) is 139 Å². The third kappa shape index (κ3) is 33.1. The summed E-state index contributed by atoms with van der Waals surface area (Å²) in [6.07, 6.45) is -0.856. The average molecular weight is 1460 g/mol. The average Bonchev–Trinajstić information content (AvgIpc) is 1.72. The molecule has 0 aromatic rings. The van der Waals surface area contributed by atoms with E-state index in [2.05, 4.69) is 13.2 Å². The maximum atomic E-state index is 11.9. The molecule has 32 nitrogen and oxygen atoms in total. The lowest BCUT2D eigenvalue weighted by molar-refractivity contribution is -0.142. The molecule has 0 aromatic heterocycles. The number of carboxylic acid groups (broad SMARTS) is 4. The number of ether oxygens (including phenoxy) is 8. The molecule has 6 fully saturated rings. The highest BCUT2D eigenvalue weighted by atomic mass is 16.6. The standard InChI is InChI=1S/2C12H21NO5.C12H21NO4.C12H19NO3.C11H19NO5.C11H17NO4/c2*1-12(2,3)18-11(16)13-6-8(7-17-4)5-9(13)10(14)15;1-8(15)10-5-9(7-14)6-13(10)11(16)17-12(2,3)4;1-8-6-10(9(2)14)13(7-8)11(15)16-12(3,4)5;1-11(2,3)17-10(16)12-5-7(6-13)4-8(12)9(14)15;1-7-5-8(9(13)14)12(6-7)10(15)16-11(2,3)4/h2*8-9H,5-7H2,1-4H3,(H,14,15);9-10,14H,5-7H2,1-4H3;10H,1,6-7H2,2-5H3;7-8,13H,4-6H2,1-3H3,(H,14,15);8H,1,5-6H2,2-4H3,(H,13,14)/t8?,9-;8-,9-;9?,10-;10-;7?,8-;8-/m000000/s1. The SMILES string of the molecule is C=C1C[C@@H](C(=O)O)N(C(=O)OC(C)(C)C)C1.C=C1C[C@@H](C(C)=O)N(C(=O)OC(C)(C)C)C1.CC(=O)[C@@H]1CC(CO)CN1C(=O)OC(C)(C)C.CC(C)(C)OC(=O)N1CC(CO)C[C@H]1C(=O)O.COCC1C[C@@H](C(=O)O)N(C(=O)OC(C)(C)C)C1.COC[C@H]1C[C@@H](C(=O)O)N(C(=O)OC(C)(C)C)C1. The first-order valence-corrected chi connectivity index (χ1v) is 33.8. The van der Waals surface area contributed by atoms with Crippen molar-refractivity contribution in [3.8, 4) is 0 Å². The Morgan fingerprint density at radius 2 is 0.549 bits per heavy atom. The molecule has 32 heteroatoms. The molecule has 0 radical (unpaired) electrons. The second-order valence-electron chi connectivity index (χ2n) is 32.0. The van der Waals surface area contributed by atoms with E-state index in [9.17, 15) is 57.5 Å². The number of ketones is 2. The summed E-state index contributed by atoms with van der Waals surface area (Å²) in [5.74, 6) is -4.31. The highest BCUT2D eigenvalue weighted by Crippen LogP contribution is 2.31. The maximum absolute atomic E-state index is 11.9. The van der Waals surface area contributed by atoms with E-state index in [1.807, 2.05) is 0 Å². The molecule has 10 atom stereocenters. The Balaban J connectivity index is 0.000000612. The molecule has 0 spiro atoms. The molecule has 584 valence electrons. The van der Waals surface area contributed by atoms with Crippen molar-refractivity contribution in [2.45, 2.75) is 247 Å². The normalized spacial score (nSPS) is 23.4. The van der Waals surface area contributed by atoms with Crippen molar-refractivity contribution < 1.29 is 126 Å². The minimum Gasteiger partial charge on any atom is -0.480 e. The number of hydrogen-bond acceptors (Lipinski definition) is 22. The van der Waals surface area contributed by atoms with E-state index in [0.717, 1.165) is 11.1 Å². The summed E-state index contributed by atoms with van der Waals surface area (Å²) in [6.45, 7) is 44.9. The van der Waals surface area contributed by atoms with Gasteiger partial charge in [-0.05, 0) is 171 Å². The van der Waals surface area contributed by atoms with Crippen molar-refractivity contribution in [3.63, 3.8) is 0 Å². The predicted octanol–water partition coefficient (Wildman–Crippen LogP) is 8.35. The van der Waals surface area contributed by atoms with Crippen LogP contribution in [0.15, 0.2) is 24.3 Å². The zero-order valence-corrected chi connectivity index (χ0v) is 64.0. The van der Waals surface area contributed by atoms with E-state index in [1.165, 1.54) is 43.2 Å². The highest BCUT2D eigenvalue weighted by molar-refractivity contribution is 5.88. The van der Waals surface area contributed by atoms with Crippen LogP contribution in [0.5, 0.6) is 0 Å². The monoisotopic (exact) mass is 1460 g/mol. The number of likely N-dealkylation sites (tertiary alicyclic amines) is 6. The van der Waals surface area contributed by atoms with E-state index >= 15 is 0 Å². The number of aliphatic hydroxyl groups is 2. The van der Waals surface area contributed by atoms with Crippen LogP contribution in [0.4, 0.5) is 28.8 Å². The fourth-order valence-electron chi connectivity index (χ4n) is 11.1. The highest BCUT2D eigenvalue weighted by Gasteiger charge is 2.46. The first-order valence-electron chi connectivity index (χ1n) is 33.8. The van der Waals surface area contributed by atoms with Crippen LogP contribution in [0.2, 0.25) is 0 Å². The Morgan fingerprint density at radius 3 is 0.775 bits per heavy atom. The van der Waals surface area contributed by atoms with E-state index < -0.39 is 130 Å². The lowest BCUT2D eigenvalue weighted by Crippen LogP contribution is -2.43. The Labute approximate surface area is 600 Å². The van der Waals surface area contributed by atoms with Crippen LogP contribution in [-0.2, 0) is 66.7 Å². The third-order valence-electron chi connectivity index (χ3n) is 15.2. The Bertz CT molecular complexity index is 2720. The van der Waals surface area contributed by atoms with E-state index in [4.69, 9.17) is 68.5 Å². The summed E-state index contributed by atoms with van der Waals surface area (Å²) in [6, 6.07) is -4.24. The van der Waals surface area contributed by atoms with Crippen LogP contribution in [-0.4, -0.2) is 282 Å². The first-order chi connectivity index (χ1) is 46.4. The molecular formula is C70H118N6O26. The van der Waals surface area contributed by atoms with Crippen LogP contribution in [0, 0.1) is 23.7 Å². The summed E-state index contributed by atoms with van der Waals surface area (Å²) >= 11 is 0. The summed E-state index contributed by atoms with van der Waals surface area (Å²) in [4.78, 5) is 146. The quantitative estimate of drug-likeness (QED) is 0.0789. The molecule has 6 heterocycles. The molecule has 6 N–H and O–H groups in total. The number of nitrogens with zero attached hydrogens (tertiary/aromatic N) is 6. The van der Waals surface area contributed by atoms with Gasteiger partial charge in [-0.3, -0.25) is 39.0 Å². The number of carboxylic acids is 4. The van der Waals surface area contributed by atoms with Gasteiger partial charge in [0.15, 0.2) is 11.6 Å². The Morgan fingerprint density at radius 1 is 0.343 bits per heavy atom. The van der Waals surface area contributed by atoms with Crippen LogP contribution >= 0.6 is 0 Å². The maximum Gasteiger partial charge on any atom is 0.411 e. The van der Waals surface area contributed by atoms with Gasteiger partial charge >= 0.3 is 60.4 Å². The number of methoxy groups -OCH3 is 2. The van der Waals surface area contributed by atoms with Crippen molar-refractivity contribution in [3.05, 3.63) is 24.3 Å².